The lowest BCUT2D eigenvalue weighted by Crippen LogP contribution is -2.52. The molecule has 4 N–H and O–H groups in total. The minimum Gasteiger partial charge on any atom is -0.478 e. The summed E-state index contributed by atoms with van der Waals surface area (Å²) in [5, 5.41) is 20.2. The Morgan fingerprint density at radius 1 is 1.18 bits per heavy atom. The van der Waals surface area contributed by atoms with Crippen LogP contribution in [0.1, 0.15) is 25.0 Å². The van der Waals surface area contributed by atoms with E-state index >= 15 is 0 Å². The minimum atomic E-state index is -1.26. The summed E-state index contributed by atoms with van der Waals surface area (Å²) in [6.45, 7) is 6.34. The number of carboxylic acids is 2. The van der Waals surface area contributed by atoms with Gasteiger partial charge in [-0.15, -0.1) is 0 Å². The molecule has 0 saturated carbocycles. The van der Waals surface area contributed by atoms with Crippen LogP contribution in [0.2, 0.25) is 0 Å². The van der Waals surface area contributed by atoms with Gasteiger partial charge >= 0.3 is 18.0 Å². The van der Waals surface area contributed by atoms with Crippen molar-refractivity contribution in [2.45, 2.75) is 32.4 Å². The Morgan fingerprint density at radius 3 is 2.45 bits per heavy atom. The monoisotopic (exact) mass is 454 g/mol. The third kappa shape index (κ3) is 5.43. The van der Waals surface area contributed by atoms with E-state index in [0.29, 0.717) is 18.2 Å². The molecule has 2 aromatic rings. The Morgan fingerprint density at radius 2 is 1.85 bits per heavy atom. The fourth-order valence-corrected chi connectivity index (χ4v) is 4.45. The predicted octanol–water partition coefficient (Wildman–Crippen LogP) is 2.55. The smallest absolute Gasteiger partial charge is 0.328 e. The first-order valence-corrected chi connectivity index (χ1v) is 11.0. The molecule has 9 nitrogen and oxygen atoms in total. The molecule has 1 aromatic heterocycles. The largest absolute Gasteiger partial charge is 0.478 e. The number of aromatic amines is 1. The zero-order valence-electron chi connectivity index (χ0n) is 19.0. The summed E-state index contributed by atoms with van der Waals surface area (Å²) < 4.78 is 0. The molecule has 0 radical (unpaired) electrons. The first-order valence-electron chi connectivity index (χ1n) is 11.0. The van der Waals surface area contributed by atoms with E-state index in [1.165, 1.54) is 27.6 Å². The molecule has 1 aromatic carbocycles. The number of hydrogen-bond donors (Lipinski definition) is 4. The molecular weight excluding hydrogens is 424 g/mol. The number of carbonyl (C=O) groups is 3. The number of carbonyl (C=O) groups excluding carboxylic acids is 1. The summed E-state index contributed by atoms with van der Waals surface area (Å²) in [5.74, 6) is -2.51. The van der Waals surface area contributed by atoms with Gasteiger partial charge in [0.25, 0.3) is 0 Å². The Hall–Kier alpha value is -3.59. The summed E-state index contributed by atoms with van der Waals surface area (Å²) in [6, 6.07) is 6.90. The lowest BCUT2D eigenvalue weighted by Gasteiger charge is -2.40. The molecule has 0 fully saturated rings. The third-order valence-corrected chi connectivity index (χ3v) is 6.00. The van der Waals surface area contributed by atoms with Gasteiger partial charge in [-0.25, -0.2) is 14.4 Å². The van der Waals surface area contributed by atoms with Crippen molar-refractivity contribution in [1.82, 2.24) is 20.1 Å². The van der Waals surface area contributed by atoms with Gasteiger partial charge in [-0.3, -0.25) is 4.90 Å². The molecule has 33 heavy (non-hydrogen) atoms. The zero-order chi connectivity index (χ0) is 24.1. The average molecular weight is 455 g/mol. The SMILES string of the molecule is CCN(CC)C(=O)NC1C=C2c3cccc4[nH]cc(c34)CC2N(C)C1.O=C(O)C=CC(=O)O. The number of nitrogens with zero attached hydrogens (tertiary/aromatic N) is 2. The average Bonchev–Trinajstić information content (AvgIpc) is 3.19. The van der Waals surface area contributed by atoms with Crippen LogP contribution in [0.3, 0.4) is 0 Å². The van der Waals surface area contributed by atoms with Crippen LogP contribution >= 0.6 is 0 Å². The summed E-state index contributed by atoms with van der Waals surface area (Å²) in [5.41, 5.74) is 5.24. The van der Waals surface area contributed by atoms with E-state index in [2.05, 4.69) is 52.7 Å². The van der Waals surface area contributed by atoms with E-state index in [0.717, 1.165) is 26.1 Å². The Balaban J connectivity index is 0.000000331. The molecule has 176 valence electrons. The molecule has 0 saturated heterocycles. The number of amides is 2. The number of likely N-dealkylation sites (N-methyl/N-ethyl adjacent to an activating group) is 1. The molecule has 0 bridgehead atoms. The summed E-state index contributed by atoms with van der Waals surface area (Å²) >= 11 is 0. The van der Waals surface area contributed by atoms with E-state index in [-0.39, 0.29) is 12.1 Å². The van der Waals surface area contributed by atoms with Crippen LogP contribution in [0.4, 0.5) is 4.79 Å². The van der Waals surface area contributed by atoms with Gasteiger partial charge < -0.3 is 25.4 Å². The van der Waals surface area contributed by atoms with E-state index < -0.39 is 11.9 Å². The van der Waals surface area contributed by atoms with Gasteiger partial charge in [0.2, 0.25) is 0 Å². The molecule has 1 aliphatic heterocycles. The van der Waals surface area contributed by atoms with E-state index in [9.17, 15) is 14.4 Å². The molecule has 2 atom stereocenters. The van der Waals surface area contributed by atoms with Gasteiger partial charge in [-0.2, -0.15) is 0 Å². The number of urea groups is 1. The lowest BCUT2D eigenvalue weighted by molar-refractivity contribution is -0.134. The number of aromatic nitrogens is 1. The van der Waals surface area contributed by atoms with Crippen molar-refractivity contribution < 1.29 is 24.6 Å². The second-order valence-corrected chi connectivity index (χ2v) is 8.06. The fraction of sp³-hybridized carbons (Fsp3) is 0.375. The number of nitrogens with one attached hydrogen (secondary N) is 2. The Bertz CT molecular complexity index is 1080. The van der Waals surface area contributed by atoms with Gasteiger partial charge in [0, 0.05) is 54.9 Å². The molecule has 9 heteroatoms. The standard InChI is InChI=1S/C20H26N4O.C4H4O4/c1-4-24(5-2)20(25)22-14-10-16-15-7-6-8-17-19(15)13(11-21-17)9-18(16)23(3)12-14;5-3(6)1-2-4(7)8/h6-8,10-11,14,18,21H,4-5,9,12H2,1-3H3,(H,22,25);1-2H,(H,5,6)(H,7,8). The van der Waals surface area contributed by atoms with E-state index in [1.807, 2.05) is 18.7 Å². The highest BCUT2D eigenvalue weighted by Crippen LogP contribution is 2.39. The highest BCUT2D eigenvalue weighted by atomic mass is 16.4. The van der Waals surface area contributed by atoms with Crippen molar-refractivity contribution in [3.63, 3.8) is 0 Å². The minimum absolute atomic E-state index is 0.0232. The summed E-state index contributed by atoms with van der Waals surface area (Å²) in [7, 11) is 2.16. The van der Waals surface area contributed by atoms with Crippen LogP contribution < -0.4 is 5.32 Å². The second-order valence-electron chi connectivity index (χ2n) is 8.06. The van der Waals surface area contributed by atoms with Crippen LogP contribution in [-0.2, 0) is 16.0 Å². The fourth-order valence-electron chi connectivity index (χ4n) is 4.45. The van der Waals surface area contributed by atoms with Crippen molar-refractivity contribution >= 4 is 34.4 Å². The van der Waals surface area contributed by atoms with Gasteiger partial charge in [-0.1, -0.05) is 18.2 Å². The molecule has 1 aliphatic carbocycles. The Labute approximate surface area is 192 Å². The van der Waals surface area contributed by atoms with Gasteiger partial charge in [0.05, 0.1) is 6.04 Å². The first-order chi connectivity index (χ1) is 15.7. The molecule has 0 spiro atoms. The van der Waals surface area contributed by atoms with Gasteiger partial charge in [0.1, 0.15) is 0 Å². The zero-order valence-corrected chi connectivity index (χ0v) is 19.0. The Kier molecular flexibility index (Phi) is 7.55. The topological polar surface area (TPSA) is 126 Å². The van der Waals surface area contributed by atoms with Crippen LogP contribution in [0, 0.1) is 0 Å². The normalized spacial score (nSPS) is 19.3. The van der Waals surface area contributed by atoms with E-state index in [1.54, 1.807) is 0 Å². The maximum Gasteiger partial charge on any atom is 0.328 e. The highest BCUT2D eigenvalue weighted by Gasteiger charge is 2.34. The highest BCUT2D eigenvalue weighted by molar-refractivity contribution is 5.98. The van der Waals surface area contributed by atoms with E-state index in [4.69, 9.17) is 10.2 Å². The lowest BCUT2D eigenvalue weighted by atomic mass is 9.81. The predicted molar refractivity (Wildman–Crippen MR) is 126 cm³/mol. The quantitative estimate of drug-likeness (QED) is 0.515. The van der Waals surface area contributed by atoms with Crippen LogP contribution in [0.5, 0.6) is 0 Å². The van der Waals surface area contributed by atoms with Crippen molar-refractivity contribution in [3.05, 3.63) is 53.8 Å². The summed E-state index contributed by atoms with van der Waals surface area (Å²) in [6.07, 6.45) is 6.56. The van der Waals surface area contributed by atoms with Crippen LogP contribution in [0.25, 0.3) is 16.5 Å². The number of hydrogen-bond acceptors (Lipinski definition) is 4. The van der Waals surface area contributed by atoms with Crippen molar-refractivity contribution in [1.29, 1.82) is 0 Å². The molecule has 2 heterocycles. The number of benzene rings is 1. The van der Waals surface area contributed by atoms with Crippen molar-refractivity contribution in [2.75, 3.05) is 26.7 Å². The first kappa shape index (κ1) is 24.1. The molecular formula is C24H30N4O5. The maximum absolute atomic E-state index is 12.4. The van der Waals surface area contributed by atoms with Crippen molar-refractivity contribution in [3.8, 4) is 0 Å². The van der Waals surface area contributed by atoms with Crippen molar-refractivity contribution in [2.24, 2.45) is 0 Å². The number of rotatable bonds is 5. The number of fused-ring (bicyclic) bond motifs is 2. The van der Waals surface area contributed by atoms with Gasteiger partial charge in [-0.05, 0) is 50.1 Å². The number of aliphatic carboxylic acids is 2. The molecule has 2 amide bonds. The second kappa shape index (κ2) is 10.4. The van der Waals surface area contributed by atoms with Crippen LogP contribution in [0.15, 0.2) is 42.6 Å². The third-order valence-electron chi connectivity index (χ3n) is 6.00. The molecule has 2 aliphatic rings. The number of H-pyrrole nitrogens is 1. The molecule has 2 unspecified atom stereocenters. The van der Waals surface area contributed by atoms with Crippen LogP contribution in [-0.4, -0.2) is 81.7 Å². The van der Waals surface area contributed by atoms with Gasteiger partial charge in [0.15, 0.2) is 0 Å². The number of carboxylic acid groups (broad SMARTS) is 2. The summed E-state index contributed by atoms with van der Waals surface area (Å²) in [4.78, 5) is 39.2. The maximum atomic E-state index is 12.4. The molecule has 4 rings (SSSR count).